The first-order valence-electron chi connectivity index (χ1n) is 10.8. The second-order valence-corrected chi connectivity index (χ2v) is 11.7. The van der Waals surface area contributed by atoms with Crippen LogP contribution < -0.4 is 0 Å². The van der Waals surface area contributed by atoms with E-state index in [0.29, 0.717) is 0 Å². The molecule has 0 saturated carbocycles. The number of aryl methyl sites for hydroxylation is 1. The molecular formula is C23H35NO8S. The molecule has 1 aromatic carbocycles. The Morgan fingerprint density at radius 2 is 1.58 bits per heavy atom. The molecule has 9 nitrogen and oxygen atoms in total. The van der Waals surface area contributed by atoms with Crippen molar-refractivity contribution in [2.24, 2.45) is 0 Å². The summed E-state index contributed by atoms with van der Waals surface area (Å²) in [4.78, 5) is 26.1. The summed E-state index contributed by atoms with van der Waals surface area (Å²) in [5.74, 6) is -0.520. The quantitative estimate of drug-likeness (QED) is 0.427. The van der Waals surface area contributed by atoms with Gasteiger partial charge in [-0.05, 0) is 67.0 Å². The molecule has 0 aliphatic carbocycles. The summed E-state index contributed by atoms with van der Waals surface area (Å²) < 4.78 is 46.8. The Morgan fingerprint density at radius 1 is 1.00 bits per heavy atom. The standard InChI is InChI=1S/C23H35NO8S/c1-16-8-10-19(11-9-16)33(27,28)30-14-17-12-18(29-15-20(25)31-22(2,3)4)13-24(17)21(26)32-23(5,6)7/h8-11,17-18H,12-15H2,1-7H3/t17-,18-/m0/s1. The van der Waals surface area contributed by atoms with Gasteiger partial charge in [-0.3, -0.25) is 4.18 Å². The van der Waals surface area contributed by atoms with E-state index in [1.165, 1.54) is 17.0 Å². The number of likely N-dealkylation sites (tertiary alicyclic amines) is 1. The fourth-order valence-electron chi connectivity index (χ4n) is 3.19. The minimum Gasteiger partial charge on any atom is -0.458 e. The molecule has 0 bridgehead atoms. The number of hydrogen-bond acceptors (Lipinski definition) is 8. The number of hydrogen-bond donors (Lipinski definition) is 0. The lowest BCUT2D eigenvalue weighted by Gasteiger charge is -2.28. The summed E-state index contributed by atoms with van der Waals surface area (Å²) in [5, 5.41) is 0. The van der Waals surface area contributed by atoms with Crippen LogP contribution >= 0.6 is 0 Å². The number of ether oxygens (including phenoxy) is 3. The van der Waals surface area contributed by atoms with E-state index < -0.39 is 45.5 Å². The van der Waals surface area contributed by atoms with Crippen LogP contribution in [0, 0.1) is 6.92 Å². The van der Waals surface area contributed by atoms with Gasteiger partial charge in [-0.2, -0.15) is 8.42 Å². The second-order valence-electron chi connectivity index (χ2n) is 10.1. The van der Waals surface area contributed by atoms with Gasteiger partial charge >= 0.3 is 12.1 Å². The monoisotopic (exact) mass is 485 g/mol. The van der Waals surface area contributed by atoms with Crippen LogP contribution in [0.1, 0.15) is 53.5 Å². The molecule has 0 aromatic heterocycles. The SMILES string of the molecule is Cc1ccc(S(=O)(=O)OC[C@@H]2C[C@H](OCC(=O)OC(C)(C)C)CN2C(=O)OC(C)(C)C)cc1. The molecule has 0 N–H and O–H groups in total. The zero-order valence-electron chi connectivity index (χ0n) is 20.4. The highest BCUT2D eigenvalue weighted by Crippen LogP contribution is 2.25. The molecule has 10 heteroatoms. The summed E-state index contributed by atoms with van der Waals surface area (Å²) in [7, 11) is -4.01. The van der Waals surface area contributed by atoms with Crippen LogP contribution in [0.2, 0.25) is 0 Å². The van der Waals surface area contributed by atoms with Gasteiger partial charge in [0.1, 0.15) is 17.8 Å². The van der Waals surface area contributed by atoms with Gasteiger partial charge in [0.05, 0.1) is 30.2 Å². The minimum atomic E-state index is -4.01. The van der Waals surface area contributed by atoms with Gasteiger partial charge in [-0.1, -0.05) is 17.7 Å². The van der Waals surface area contributed by atoms with Crippen LogP contribution in [0.3, 0.4) is 0 Å². The van der Waals surface area contributed by atoms with Crippen molar-refractivity contribution in [2.45, 2.75) is 83.1 Å². The highest BCUT2D eigenvalue weighted by molar-refractivity contribution is 7.86. The van der Waals surface area contributed by atoms with Crippen LogP contribution in [-0.4, -0.2) is 68.5 Å². The summed E-state index contributed by atoms with van der Waals surface area (Å²) in [6.07, 6.45) is -0.821. The molecule has 2 rings (SSSR count). The van der Waals surface area contributed by atoms with Crippen molar-refractivity contribution in [1.82, 2.24) is 4.90 Å². The molecule has 1 aromatic rings. The molecule has 33 heavy (non-hydrogen) atoms. The van der Waals surface area contributed by atoms with Crippen LogP contribution in [0.25, 0.3) is 0 Å². The van der Waals surface area contributed by atoms with Crippen molar-refractivity contribution < 1.29 is 36.4 Å². The fourth-order valence-corrected chi connectivity index (χ4v) is 4.14. The number of esters is 1. The summed E-state index contributed by atoms with van der Waals surface area (Å²) >= 11 is 0. The molecule has 1 amide bonds. The second kappa shape index (κ2) is 10.4. The van der Waals surface area contributed by atoms with Crippen molar-refractivity contribution in [3.63, 3.8) is 0 Å². The van der Waals surface area contributed by atoms with Gasteiger partial charge in [0.2, 0.25) is 0 Å². The van der Waals surface area contributed by atoms with Crippen LogP contribution in [0.4, 0.5) is 4.79 Å². The predicted molar refractivity (Wildman–Crippen MR) is 121 cm³/mol. The highest BCUT2D eigenvalue weighted by Gasteiger charge is 2.39. The normalized spacial score (nSPS) is 19.4. The van der Waals surface area contributed by atoms with Crippen molar-refractivity contribution in [3.8, 4) is 0 Å². The number of nitrogens with zero attached hydrogens (tertiary/aromatic N) is 1. The van der Waals surface area contributed by atoms with E-state index >= 15 is 0 Å². The predicted octanol–water partition coefficient (Wildman–Crippen LogP) is 3.44. The van der Waals surface area contributed by atoms with E-state index in [2.05, 4.69) is 0 Å². The van der Waals surface area contributed by atoms with Crippen molar-refractivity contribution in [3.05, 3.63) is 29.8 Å². The van der Waals surface area contributed by atoms with Crippen LogP contribution in [-0.2, 0) is 33.3 Å². The first-order chi connectivity index (χ1) is 15.1. The number of carbonyl (C=O) groups excluding carboxylic acids is 2. The maximum Gasteiger partial charge on any atom is 0.410 e. The number of benzene rings is 1. The van der Waals surface area contributed by atoms with Gasteiger partial charge in [-0.15, -0.1) is 0 Å². The molecule has 2 atom stereocenters. The molecule has 1 saturated heterocycles. The van der Waals surface area contributed by atoms with Crippen LogP contribution in [0.5, 0.6) is 0 Å². The van der Waals surface area contributed by atoms with Gasteiger partial charge < -0.3 is 19.1 Å². The van der Waals surface area contributed by atoms with Crippen LogP contribution in [0.15, 0.2) is 29.2 Å². The Hall–Kier alpha value is -2.17. The average molecular weight is 486 g/mol. The van der Waals surface area contributed by atoms with Gasteiger partial charge in [0, 0.05) is 0 Å². The average Bonchev–Trinajstić information content (AvgIpc) is 3.06. The first-order valence-corrected chi connectivity index (χ1v) is 12.3. The van der Waals surface area contributed by atoms with Crippen molar-refractivity contribution >= 4 is 22.2 Å². The maximum atomic E-state index is 12.7. The molecule has 0 spiro atoms. The lowest BCUT2D eigenvalue weighted by atomic mass is 10.2. The minimum absolute atomic E-state index is 0.0349. The van der Waals surface area contributed by atoms with Gasteiger partial charge in [0.15, 0.2) is 0 Å². The number of rotatable bonds is 7. The molecular weight excluding hydrogens is 450 g/mol. The molecule has 0 unspecified atom stereocenters. The van der Waals surface area contributed by atoms with E-state index in [1.807, 2.05) is 6.92 Å². The topological polar surface area (TPSA) is 108 Å². The molecule has 1 fully saturated rings. The zero-order valence-corrected chi connectivity index (χ0v) is 21.2. The first kappa shape index (κ1) is 27.1. The third-order valence-electron chi connectivity index (χ3n) is 4.59. The highest BCUT2D eigenvalue weighted by atomic mass is 32.2. The Morgan fingerprint density at radius 3 is 2.12 bits per heavy atom. The molecule has 0 radical (unpaired) electrons. The third kappa shape index (κ3) is 8.94. The Kier molecular flexibility index (Phi) is 8.53. The largest absolute Gasteiger partial charge is 0.458 e. The summed E-state index contributed by atoms with van der Waals surface area (Å²) in [6.45, 7) is 11.9. The third-order valence-corrected chi connectivity index (χ3v) is 5.88. The molecule has 1 heterocycles. The molecule has 1 aliphatic rings. The molecule has 186 valence electrons. The molecule has 1 aliphatic heterocycles. The van der Waals surface area contributed by atoms with E-state index in [-0.39, 0.29) is 31.1 Å². The van der Waals surface area contributed by atoms with E-state index in [1.54, 1.807) is 53.7 Å². The van der Waals surface area contributed by atoms with Gasteiger partial charge in [-0.25, -0.2) is 9.59 Å². The van der Waals surface area contributed by atoms with E-state index in [9.17, 15) is 18.0 Å². The Labute approximate surface area is 196 Å². The fraction of sp³-hybridized carbons (Fsp3) is 0.652. The summed E-state index contributed by atoms with van der Waals surface area (Å²) in [6, 6.07) is 5.69. The smallest absolute Gasteiger partial charge is 0.410 e. The number of carbonyl (C=O) groups is 2. The van der Waals surface area contributed by atoms with E-state index in [0.717, 1.165) is 5.56 Å². The Bertz CT molecular complexity index is 929. The Balaban J connectivity index is 2.07. The number of amides is 1. The van der Waals surface area contributed by atoms with Crippen molar-refractivity contribution in [2.75, 3.05) is 19.8 Å². The van der Waals surface area contributed by atoms with Crippen molar-refractivity contribution in [1.29, 1.82) is 0 Å². The summed E-state index contributed by atoms with van der Waals surface area (Å²) in [5.41, 5.74) is -0.448. The zero-order chi connectivity index (χ0) is 25.0. The van der Waals surface area contributed by atoms with E-state index in [4.69, 9.17) is 18.4 Å². The maximum absolute atomic E-state index is 12.7. The lowest BCUT2D eigenvalue weighted by molar-refractivity contribution is -0.162. The van der Waals surface area contributed by atoms with Gasteiger partial charge in [0.25, 0.3) is 10.1 Å². The lowest BCUT2D eigenvalue weighted by Crippen LogP contribution is -2.42.